The second-order valence-electron chi connectivity index (χ2n) is 7.62. The second kappa shape index (κ2) is 7.29. The first-order chi connectivity index (χ1) is 13.8. The number of carbonyl (C=O) groups excluding carboxylic acids is 2. The summed E-state index contributed by atoms with van der Waals surface area (Å²) in [7, 11) is 3.32. The molecule has 4 rings (SSSR count). The molecule has 2 aliphatic rings. The van der Waals surface area contributed by atoms with Crippen LogP contribution in [-0.2, 0) is 15.1 Å². The number of aliphatic hydroxyl groups excluding tert-OH is 1. The lowest BCUT2D eigenvalue weighted by Crippen LogP contribution is -2.57. The SMILES string of the molecule is CN(C)C(=O)[C@@H]1C[C@@H](O)CN1C1(c2ccccc2Cl)C(=O)Nc2ccc(Cl)cc21. The van der Waals surface area contributed by atoms with Crippen LogP contribution in [0.4, 0.5) is 5.69 Å². The van der Waals surface area contributed by atoms with Crippen LogP contribution >= 0.6 is 23.2 Å². The van der Waals surface area contributed by atoms with Gasteiger partial charge in [-0.3, -0.25) is 14.5 Å². The van der Waals surface area contributed by atoms with E-state index in [2.05, 4.69) is 5.32 Å². The van der Waals surface area contributed by atoms with Crippen LogP contribution in [0.5, 0.6) is 0 Å². The number of likely N-dealkylation sites (tertiary alicyclic amines) is 1. The summed E-state index contributed by atoms with van der Waals surface area (Å²) in [6.07, 6.45) is -0.522. The van der Waals surface area contributed by atoms with E-state index >= 15 is 0 Å². The molecule has 0 bridgehead atoms. The van der Waals surface area contributed by atoms with Crippen LogP contribution in [0.2, 0.25) is 10.0 Å². The molecule has 0 saturated carbocycles. The van der Waals surface area contributed by atoms with Gasteiger partial charge in [-0.2, -0.15) is 0 Å². The summed E-state index contributed by atoms with van der Waals surface area (Å²) in [5.41, 5.74) is 0.392. The predicted molar refractivity (Wildman–Crippen MR) is 112 cm³/mol. The molecule has 1 fully saturated rings. The zero-order chi connectivity index (χ0) is 20.9. The Labute approximate surface area is 179 Å². The number of β-amino-alcohol motifs (C(OH)–C–C–N with tert-alkyl or cyclic N) is 1. The number of halogens is 2. The normalized spacial score (nSPS) is 26.3. The average molecular weight is 434 g/mol. The number of anilines is 1. The molecule has 0 aromatic heterocycles. The summed E-state index contributed by atoms with van der Waals surface area (Å²) in [6, 6.07) is 11.5. The van der Waals surface area contributed by atoms with Crippen molar-refractivity contribution in [2.75, 3.05) is 26.0 Å². The molecule has 2 heterocycles. The quantitative estimate of drug-likeness (QED) is 0.780. The molecule has 8 heteroatoms. The maximum Gasteiger partial charge on any atom is 0.254 e. The molecule has 2 aromatic rings. The summed E-state index contributed by atoms with van der Waals surface area (Å²) in [4.78, 5) is 29.8. The molecular weight excluding hydrogens is 413 g/mol. The summed E-state index contributed by atoms with van der Waals surface area (Å²) < 4.78 is 0. The highest BCUT2D eigenvalue weighted by Gasteiger charge is 2.59. The van der Waals surface area contributed by atoms with Crippen molar-refractivity contribution in [1.82, 2.24) is 9.80 Å². The standard InChI is InChI=1S/C21H21Cl2N3O3/c1-25(2)19(28)18-10-13(27)11-26(18)21(14-5-3-4-6-16(14)23)15-9-12(22)7-8-17(15)24-20(21)29/h3-9,13,18,27H,10-11H2,1-2H3,(H,24,29)/t13-,18+,21?/m1/s1. The van der Waals surface area contributed by atoms with E-state index in [0.717, 1.165) is 0 Å². The van der Waals surface area contributed by atoms with Gasteiger partial charge < -0.3 is 15.3 Å². The first-order valence-corrected chi connectivity index (χ1v) is 10.0. The third-order valence-corrected chi connectivity index (χ3v) is 6.21. The zero-order valence-electron chi connectivity index (χ0n) is 16.0. The van der Waals surface area contributed by atoms with Crippen LogP contribution < -0.4 is 5.32 Å². The van der Waals surface area contributed by atoms with Gasteiger partial charge in [-0.1, -0.05) is 41.4 Å². The minimum Gasteiger partial charge on any atom is -0.392 e. The van der Waals surface area contributed by atoms with E-state index in [0.29, 0.717) is 26.9 Å². The van der Waals surface area contributed by atoms with E-state index in [-0.39, 0.29) is 24.8 Å². The maximum atomic E-state index is 13.6. The Balaban J connectivity index is 2.02. The molecule has 3 atom stereocenters. The summed E-state index contributed by atoms with van der Waals surface area (Å²) in [5.74, 6) is -0.509. The number of amides is 2. The van der Waals surface area contributed by atoms with Gasteiger partial charge in [0.1, 0.15) is 0 Å². The first-order valence-electron chi connectivity index (χ1n) is 9.29. The molecule has 152 valence electrons. The number of nitrogens with one attached hydrogen (secondary N) is 1. The third kappa shape index (κ3) is 3.02. The van der Waals surface area contributed by atoms with Crippen LogP contribution in [0.3, 0.4) is 0 Å². The van der Waals surface area contributed by atoms with Crippen molar-refractivity contribution in [3.8, 4) is 0 Å². The smallest absolute Gasteiger partial charge is 0.254 e. The van der Waals surface area contributed by atoms with Gasteiger partial charge in [0.25, 0.3) is 5.91 Å². The Morgan fingerprint density at radius 3 is 2.62 bits per heavy atom. The number of aliphatic hydroxyl groups is 1. The summed E-state index contributed by atoms with van der Waals surface area (Å²) >= 11 is 12.9. The Kier molecular flexibility index (Phi) is 5.07. The fourth-order valence-electron chi connectivity index (χ4n) is 4.44. The van der Waals surface area contributed by atoms with Crippen molar-refractivity contribution < 1.29 is 14.7 Å². The van der Waals surface area contributed by atoms with Gasteiger partial charge in [-0.25, -0.2) is 0 Å². The Morgan fingerprint density at radius 2 is 1.93 bits per heavy atom. The molecule has 2 N–H and O–H groups in total. The van der Waals surface area contributed by atoms with Crippen LogP contribution in [0.1, 0.15) is 17.5 Å². The number of carbonyl (C=O) groups is 2. The van der Waals surface area contributed by atoms with Crippen molar-refractivity contribution in [2.45, 2.75) is 24.1 Å². The minimum atomic E-state index is -1.38. The molecule has 0 radical (unpaired) electrons. The molecule has 2 aromatic carbocycles. The zero-order valence-corrected chi connectivity index (χ0v) is 17.5. The van der Waals surface area contributed by atoms with Crippen LogP contribution in [0.15, 0.2) is 42.5 Å². The third-order valence-electron chi connectivity index (χ3n) is 5.65. The van der Waals surface area contributed by atoms with Crippen molar-refractivity contribution in [3.63, 3.8) is 0 Å². The maximum absolute atomic E-state index is 13.6. The number of likely N-dealkylation sites (N-methyl/N-ethyl adjacent to an activating group) is 1. The van der Waals surface area contributed by atoms with Crippen LogP contribution in [0, 0.1) is 0 Å². The van der Waals surface area contributed by atoms with E-state index < -0.39 is 17.7 Å². The van der Waals surface area contributed by atoms with Gasteiger partial charge in [0.05, 0.1) is 12.1 Å². The molecule has 0 spiro atoms. The molecule has 0 aliphatic carbocycles. The van der Waals surface area contributed by atoms with Crippen molar-refractivity contribution in [2.24, 2.45) is 0 Å². The van der Waals surface area contributed by atoms with Gasteiger partial charge in [-0.05, 0) is 30.7 Å². The molecule has 2 aliphatic heterocycles. The number of rotatable bonds is 3. The molecule has 1 unspecified atom stereocenters. The van der Waals surface area contributed by atoms with E-state index in [1.165, 1.54) is 4.90 Å². The van der Waals surface area contributed by atoms with E-state index in [4.69, 9.17) is 23.2 Å². The van der Waals surface area contributed by atoms with Crippen LogP contribution in [0.25, 0.3) is 0 Å². The van der Waals surface area contributed by atoms with Crippen molar-refractivity contribution in [1.29, 1.82) is 0 Å². The Morgan fingerprint density at radius 1 is 1.21 bits per heavy atom. The summed E-state index contributed by atoms with van der Waals surface area (Å²) in [5, 5.41) is 14.3. The molecular formula is C21H21Cl2N3O3. The monoisotopic (exact) mass is 433 g/mol. The number of benzene rings is 2. The number of nitrogens with zero attached hydrogens (tertiary/aromatic N) is 2. The van der Waals surface area contributed by atoms with E-state index in [9.17, 15) is 14.7 Å². The number of fused-ring (bicyclic) bond motifs is 1. The Bertz CT molecular complexity index is 997. The Hall–Kier alpha value is -2.12. The molecule has 6 nitrogen and oxygen atoms in total. The van der Waals surface area contributed by atoms with Gasteiger partial charge >= 0.3 is 0 Å². The molecule has 29 heavy (non-hydrogen) atoms. The predicted octanol–water partition coefficient (Wildman–Crippen LogP) is 2.71. The topological polar surface area (TPSA) is 72.9 Å². The number of hydrogen-bond acceptors (Lipinski definition) is 4. The first kappa shape index (κ1) is 20.2. The largest absolute Gasteiger partial charge is 0.392 e. The summed E-state index contributed by atoms with van der Waals surface area (Å²) in [6.45, 7) is 0.148. The van der Waals surface area contributed by atoms with Gasteiger partial charge in [0, 0.05) is 47.5 Å². The van der Waals surface area contributed by atoms with E-state index in [1.807, 2.05) is 0 Å². The van der Waals surface area contributed by atoms with Crippen molar-refractivity contribution in [3.05, 3.63) is 63.6 Å². The van der Waals surface area contributed by atoms with Crippen LogP contribution in [-0.4, -0.2) is 59.5 Å². The van der Waals surface area contributed by atoms with Gasteiger partial charge in [0.2, 0.25) is 5.91 Å². The van der Waals surface area contributed by atoms with Gasteiger partial charge in [0.15, 0.2) is 5.54 Å². The fraction of sp³-hybridized carbons (Fsp3) is 0.333. The highest BCUT2D eigenvalue weighted by atomic mass is 35.5. The molecule has 2 amide bonds. The second-order valence-corrected chi connectivity index (χ2v) is 8.47. The highest BCUT2D eigenvalue weighted by Crippen LogP contribution is 2.50. The van der Waals surface area contributed by atoms with Crippen molar-refractivity contribution >= 4 is 40.7 Å². The highest BCUT2D eigenvalue weighted by molar-refractivity contribution is 6.32. The molecule has 1 saturated heterocycles. The average Bonchev–Trinajstić information content (AvgIpc) is 3.19. The lowest BCUT2D eigenvalue weighted by Gasteiger charge is -2.41. The lowest BCUT2D eigenvalue weighted by atomic mass is 9.81. The number of hydrogen-bond donors (Lipinski definition) is 2. The van der Waals surface area contributed by atoms with E-state index in [1.54, 1.807) is 61.5 Å². The minimum absolute atomic E-state index is 0.148. The lowest BCUT2D eigenvalue weighted by molar-refractivity contribution is -0.138. The van der Waals surface area contributed by atoms with Gasteiger partial charge in [-0.15, -0.1) is 0 Å². The fourth-order valence-corrected chi connectivity index (χ4v) is 4.88.